The molecule has 0 spiro atoms. The van der Waals surface area contributed by atoms with Gasteiger partial charge >= 0.3 is 6.09 Å². The van der Waals surface area contributed by atoms with Crippen molar-refractivity contribution < 1.29 is 19.0 Å². The van der Waals surface area contributed by atoms with E-state index in [0.29, 0.717) is 18.8 Å². The molecule has 2 aromatic heterocycles. The van der Waals surface area contributed by atoms with Crippen LogP contribution in [0.3, 0.4) is 0 Å². The molecular weight excluding hydrogens is 387 g/mol. The lowest BCUT2D eigenvalue weighted by Gasteiger charge is -2.28. The van der Waals surface area contributed by atoms with Crippen LogP contribution >= 0.6 is 11.3 Å². The summed E-state index contributed by atoms with van der Waals surface area (Å²) in [6.07, 6.45) is 2.02. The number of amides is 1. The summed E-state index contributed by atoms with van der Waals surface area (Å²) in [6, 6.07) is 4.49. The Morgan fingerprint density at radius 3 is 2.86 bits per heavy atom. The first-order chi connectivity index (χ1) is 13.6. The van der Waals surface area contributed by atoms with Crippen LogP contribution < -0.4 is 4.74 Å². The van der Waals surface area contributed by atoms with Crippen molar-refractivity contribution in [3.05, 3.63) is 46.4 Å². The van der Waals surface area contributed by atoms with Crippen molar-refractivity contribution in [2.75, 3.05) is 13.1 Å². The Balaban J connectivity index is 1.35. The minimum atomic E-state index is -0.875. The predicted molar refractivity (Wildman–Crippen MR) is 97.1 cm³/mol. The molecule has 1 N–H and O–H groups in total. The first kappa shape index (κ1) is 18.3. The standard InChI is InChI=1S/C17H17FN6O3S/c18-14-7-13(24-10-19-21-22-24)1-2-15(14)27-8-12-9-28-16(20-12)11-3-5-23(6-4-11)17(25)26/h1-2,7,9-11H,3-6,8H2,(H,25,26). The van der Waals surface area contributed by atoms with Crippen molar-refractivity contribution in [3.8, 4) is 11.4 Å². The van der Waals surface area contributed by atoms with Crippen LogP contribution in [0.4, 0.5) is 9.18 Å². The van der Waals surface area contributed by atoms with Crippen LogP contribution in [0.1, 0.15) is 29.5 Å². The summed E-state index contributed by atoms with van der Waals surface area (Å²) in [5.74, 6) is -0.132. The highest BCUT2D eigenvalue weighted by Gasteiger charge is 2.25. The second kappa shape index (κ2) is 7.89. The van der Waals surface area contributed by atoms with Crippen molar-refractivity contribution in [3.63, 3.8) is 0 Å². The van der Waals surface area contributed by atoms with Crippen LogP contribution in [-0.4, -0.2) is 54.4 Å². The molecule has 0 unspecified atom stereocenters. The number of hydrogen-bond acceptors (Lipinski definition) is 7. The molecule has 28 heavy (non-hydrogen) atoms. The zero-order chi connectivity index (χ0) is 19.5. The van der Waals surface area contributed by atoms with Crippen molar-refractivity contribution in [2.24, 2.45) is 0 Å². The second-order valence-corrected chi connectivity index (χ2v) is 7.27. The van der Waals surface area contributed by atoms with Crippen molar-refractivity contribution in [2.45, 2.75) is 25.4 Å². The van der Waals surface area contributed by atoms with Gasteiger partial charge in [0.1, 0.15) is 12.9 Å². The van der Waals surface area contributed by atoms with Gasteiger partial charge in [0.25, 0.3) is 0 Å². The quantitative estimate of drug-likeness (QED) is 0.697. The molecule has 1 saturated heterocycles. The first-order valence-corrected chi connectivity index (χ1v) is 9.56. The molecule has 0 radical (unpaired) electrons. The van der Waals surface area contributed by atoms with Crippen LogP contribution in [0.15, 0.2) is 29.9 Å². The number of halogens is 1. The zero-order valence-corrected chi connectivity index (χ0v) is 15.5. The molecule has 1 fully saturated rings. The largest absolute Gasteiger partial charge is 0.484 e. The van der Waals surface area contributed by atoms with E-state index in [1.807, 2.05) is 5.38 Å². The number of piperidine rings is 1. The summed E-state index contributed by atoms with van der Waals surface area (Å²) in [6.45, 7) is 1.19. The van der Waals surface area contributed by atoms with Gasteiger partial charge in [0.05, 0.1) is 16.4 Å². The summed E-state index contributed by atoms with van der Waals surface area (Å²) < 4.78 is 21.2. The number of benzene rings is 1. The van der Waals surface area contributed by atoms with Gasteiger partial charge in [0.15, 0.2) is 11.6 Å². The topological polar surface area (TPSA) is 106 Å². The number of tetrazole rings is 1. The van der Waals surface area contributed by atoms with Crippen LogP contribution in [0.2, 0.25) is 0 Å². The average Bonchev–Trinajstić information content (AvgIpc) is 3.39. The molecule has 9 nitrogen and oxygen atoms in total. The van der Waals surface area contributed by atoms with E-state index < -0.39 is 11.9 Å². The van der Waals surface area contributed by atoms with E-state index in [1.54, 1.807) is 6.07 Å². The lowest BCUT2D eigenvalue weighted by Crippen LogP contribution is -2.36. The van der Waals surface area contributed by atoms with E-state index in [4.69, 9.17) is 9.84 Å². The Kier molecular flexibility index (Phi) is 5.15. The molecule has 11 heteroatoms. The van der Waals surface area contributed by atoms with Gasteiger partial charge in [-0.05, 0) is 35.4 Å². The molecule has 1 amide bonds. The number of aromatic nitrogens is 5. The maximum atomic E-state index is 14.3. The number of ether oxygens (including phenoxy) is 1. The van der Waals surface area contributed by atoms with Gasteiger partial charge in [-0.3, -0.25) is 0 Å². The van der Waals surface area contributed by atoms with Crippen molar-refractivity contribution >= 4 is 17.4 Å². The van der Waals surface area contributed by atoms with Crippen LogP contribution in [0.5, 0.6) is 5.75 Å². The van der Waals surface area contributed by atoms with Gasteiger partial charge < -0.3 is 14.7 Å². The van der Waals surface area contributed by atoms with Gasteiger partial charge in [0, 0.05) is 30.5 Å². The number of likely N-dealkylation sites (tertiary alicyclic amines) is 1. The van der Waals surface area contributed by atoms with Crippen molar-refractivity contribution in [1.29, 1.82) is 0 Å². The Morgan fingerprint density at radius 2 is 2.18 bits per heavy atom. The smallest absolute Gasteiger partial charge is 0.407 e. The van der Waals surface area contributed by atoms with E-state index in [0.717, 1.165) is 23.5 Å². The number of hydrogen-bond donors (Lipinski definition) is 1. The molecule has 146 valence electrons. The lowest BCUT2D eigenvalue weighted by atomic mass is 9.98. The van der Waals surface area contributed by atoms with Crippen LogP contribution in [0.25, 0.3) is 5.69 Å². The normalized spacial score (nSPS) is 15.0. The SMILES string of the molecule is O=C(O)N1CCC(c2nc(COc3ccc(-n4cnnn4)cc3F)cs2)CC1. The molecule has 0 saturated carbocycles. The molecule has 0 atom stereocenters. The van der Waals surface area contributed by atoms with Gasteiger partial charge in [-0.2, -0.15) is 0 Å². The lowest BCUT2D eigenvalue weighted by molar-refractivity contribution is 0.132. The predicted octanol–water partition coefficient (Wildman–Crippen LogP) is 2.69. The molecule has 3 aromatic rings. The third-order valence-electron chi connectivity index (χ3n) is 4.59. The van der Waals surface area contributed by atoms with Gasteiger partial charge in [0.2, 0.25) is 0 Å². The third-order valence-corrected chi connectivity index (χ3v) is 5.64. The molecule has 4 rings (SSSR count). The minimum Gasteiger partial charge on any atom is -0.484 e. The third kappa shape index (κ3) is 3.93. The Bertz CT molecular complexity index is 956. The summed E-state index contributed by atoms with van der Waals surface area (Å²) in [5.41, 5.74) is 1.23. The molecule has 3 heterocycles. The number of rotatable bonds is 5. The Morgan fingerprint density at radius 1 is 1.36 bits per heavy atom. The Hall–Kier alpha value is -3.08. The fourth-order valence-electron chi connectivity index (χ4n) is 3.07. The van der Waals surface area contributed by atoms with Gasteiger partial charge in [-0.25, -0.2) is 18.9 Å². The number of carboxylic acid groups (broad SMARTS) is 1. The number of nitrogens with zero attached hydrogens (tertiary/aromatic N) is 6. The first-order valence-electron chi connectivity index (χ1n) is 8.68. The molecule has 0 aliphatic carbocycles. The molecule has 1 aromatic carbocycles. The molecular formula is C17H17FN6O3S. The van der Waals surface area contributed by atoms with E-state index in [1.165, 1.54) is 39.4 Å². The summed E-state index contributed by atoms with van der Waals surface area (Å²) in [5, 5.41) is 22.6. The van der Waals surface area contributed by atoms with Crippen LogP contribution in [0, 0.1) is 5.82 Å². The summed E-state index contributed by atoms with van der Waals surface area (Å²) in [4.78, 5) is 17.0. The fraction of sp³-hybridized carbons (Fsp3) is 0.353. The zero-order valence-electron chi connectivity index (χ0n) is 14.7. The highest BCUT2D eigenvalue weighted by atomic mass is 32.1. The second-order valence-electron chi connectivity index (χ2n) is 6.38. The number of carbonyl (C=O) groups is 1. The summed E-state index contributed by atoms with van der Waals surface area (Å²) >= 11 is 1.53. The maximum Gasteiger partial charge on any atom is 0.407 e. The Labute approximate surface area is 163 Å². The van der Waals surface area contributed by atoms with Crippen molar-refractivity contribution in [1.82, 2.24) is 30.1 Å². The highest BCUT2D eigenvalue weighted by molar-refractivity contribution is 7.09. The maximum absolute atomic E-state index is 14.3. The van der Waals surface area contributed by atoms with Gasteiger partial charge in [-0.15, -0.1) is 16.4 Å². The summed E-state index contributed by atoms with van der Waals surface area (Å²) in [7, 11) is 0. The van der Waals surface area contributed by atoms with Gasteiger partial charge in [-0.1, -0.05) is 0 Å². The molecule has 1 aliphatic rings. The number of thiazole rings is 1. The average molecular weight is 404 g/mol. The van der Waals surface area contributed by atoms with E-state index in [2.05, 4.69) is 20.5 Å². The fourth-order valence-corrected chi connectivity index (χ4v) is 4.05. The van der Waals surface area contributed by atoms with E-state index >= 15 is 0 Å². The highest BCUT2D eigenvalue weighted by Crippen LogP contribution is 2.30. The minimum absolute atomic E-state index is 0.126. The van der Waals surface area contributed by atoms with E-state index in [9.17, 15) is 9.18 Å². The van der Waals surface area contributed by atoms with E-state index in [-0.39, 0.29) is 18.3 Å². The monoisotopic (exact) mass is 404 g/mol. The molecule has 1 aliphatic heterocycles. The van der Waals surface area contributed by atoms with Crippen LogP contribution in [-0.2, 0) is 6.61 Å². The molecule has 0 bridgehead atoms.